The first kappa shape index (κ1) is 16.1. The van der Waals surface area contributed by atoms with Crippen LogP contribution in [0, 0.1) is 0 Å². The quantitative estimate of drug-likeness (QED) is 0.834. The van der Waals surface area contributed by atoms with Crippen LogP contribution in [-0.2, 0) is 14.3 Å². The lowest BCUT2D eigenvalue weighted by molar-refractivity contribution is -0.139. The molecule has 6 heteroatoms. The standard InChI is InChI=1S/C16H16ClNO4/c1-3-22-16(21)14-9(2)18-13(15(19)20)8-12(14)10-4-6-11(17)7-5-10/h4-8,12,18H,3H2,1-2H3,(H,19,20). The number of aliphatic carboxylic acids is 1. The van der Waals surface area contributed by atoms with Gasteiger partial charge in [-0.05, 0) is 37.6 Å². The highest BCUT2D eigenvalue weighted by Crippen LogP contribution is 2.33. The van der Waals surface area contributed by atoms with Gasteiger partial charge in [-0.1, -0.05) is 23.7 Å². The van der Waals surface area contributed by atoms with E-state index in [0.29, 0.717) is 16.3 Å². The van der Waals surface area contributed by atoms with Crippen LogP contribution >= 0.6 is 11.6 Å². The molecule has 0 saturated heterocycles. The summed E-state index contributed by atoms with van der Waals surface area (Å²) >= 11 is 5.88. The molecule has 2 rings (SSSR count). The van der Waals surface area contributed by atoms with Gasteiger partial charge >= 0.3 is 11.9 Å². The predicted octanol–water partition coefficient (Wildman–Crippen LogP) is 2.83. The van der Waals surface area contributed by atoms with Crippen molar-refractivity contribution in [3.8, 4) is 0 Å². The van der Waals surface area contributed by atoms with Crippen LogP contribution in [0.1, 0.15) is 25.3 Å². The first-order chi connectivity index (χ1) is 10.4. The molecule has 1 aromatic carbocycles. The largest absolute Gasteiger partial charge is 0.477 e. The van der Waals surface area contributed by atoms with E-state index in [1.807, 2.05) is 0 Å². The van der Waals surface area contributed by atoms with Crippen LogP contribution in [0.15, 0.2) is 47.3 Å². The molecule has 0 bridgehead atoms. The van der Waals surface area contributed by atoms with Gasteiger partial charge in [-0.15, -0.1) is 0 Å². The van der Waals surface area contributed by atoms with Gasteiger partial charge in [0.05, 0.1) is 12.2 Å². The molecule has 1 heterocycles. The zero-order valence-electron chi connectivity index (χ0n) is 12.2. The Kier molecular flexibility index (Phi) is 4.88. The molecule has 0 spiro atoms. The summed E-state index contributed by atoms with van der Waals surface area (Å²) in [6, 6.07) is 6.93. The number of esters is 1. The minimum atomic E-state index is -1.08. The highest BCUT2D eigenvalue weighted by molar-refractivity contribution is 6.30. The first-order valence-corrected chi connectivity index (χ1v) is 7.17. The first-order valence-electron chi connectivity index (χ1n) is 6.79. The van der Waals surface area contributed by atoms with Gasteiger partial charge in [0.15, 0.2) is 0 Å². The van der Waals surface area contributed by atoms with E-state index in [1.54, 1.807) is 38.1 Å². The third kappa shape index (κ3) is 3.31. The summed E-state index contributed by atoms with van der Waals surface area (Å²) in [6.07, 6.45) is 1.50. The fraction of sp³-hybridized carbons (Fsp3) is 0.250. The molecule has 1 aromatic rings. The molecular weight excluding hydrogens is 306 g/mol. The number of hydrogen-bond donors (Lipinski definition) is 2. The summed E-state index contributed by atoms with van der Waals surface area (Å²) in [5, 5.41) is 12.5. The molecule has 1 aliphatic rings. The Morgan fingerprint density at radius 3 is 2.50 bits per heavy atom. The number of hydrogen-bond acceptors (Lipinski definition) is 4. The number of nitrogens with one attached hydrogen (secondary N) is 1. The smallest absolute Gasteiger partial charge is 0.351 e. The number of dihydropyridines is 1. The molecule has 2 N–H and O–H groups in total. The lowest BCUT2D eigenvalue weighted by atomic mass is 9.86. The molecule has 0 aliphatic carbocycles. The predicted molar refractivity (Wildman–Crippen MR) is 82.4 cm³/mol. The second-order valence-corrected chi connectivity index (χ2v) is 5.24. The second kappa shape index (κ2) is 6.66. The van der Waals surface area contributed by atoms with E-state index in [9.17, 15) is 14.7 Å². The van der Waals surface area contributed by atoms with E-state index in [0.717, 1.165) is 5.56 Å². The number of halogens is 1. The van der Waals surface area contributed by atoms with Crippen LogP contribution in [0.25, 0.3) is 0 Å². The van der Waals surface area contributed by atoms with Crippen molar-refractivity contribution in [1.82, 2.24) is 5.32 Å². The van der Waals surface area contributed by atoms with Crippen molar-refractivity contribution in [3.05, 3.63) is 57.9 Å². The molecular formula is C16H16ClNO4. The van der Waals surface area contributed by atoms with Crippen LogP contribution in [0.2, 0.25) is 5.02 Å². The summed E-state index contributed by atoms with van der Waals surface area (Å²) < 4.78 is 5.08. The maximum absolute atomic E-state index is 12.2. The zero-order chi connectivity index (χ0) is 16.3. The SMILES string of the molecule is CCOC(=O)C1=C(C)NC(C(=O)O)=CC1c1ccc(Cl)cc1. The zero-order valence-corrected chi connectivity index (χ0v) is 13.0. The highest BCUT2D eigenvalue weighted by atomic mass is 35.5. The van der Waals surface area contributed by atoms with E-state index >= 15 is 0 Å². The number of benzene rings is 1. The summed E-state index contributed by atoms with van der Waals surface area (Å²) in [7, 11) is 0. The lowest BCUT2D eigenvalue weighted by Gasteiger charge is -2.25. The number of allylic oxidation sites excluding steroid dienone is 2. The van der Waals surface area contributed by atoms with Crippen molar-refractivity contribution >= 4 is 23.5 Å². The van der Waals surface area contributed by atoms with Crippen molar-refractivity contribution in [2.45, 2.75) is 19.8 Å². The van der Waals surface area contributed by atoms with Crippen LogP contribution in [-0.4, -0.2) is 23.7 Å². The van der Waals surface area contributed by atoms with Crippen molar-refractivity contribution in [1.29, 1.82) is 0 Å². The second-order valence-electron chi connectivity index (χ2n) is 4.80. The summed E-state index contributed by atoms with van der Waals surface area (Å²) in [6.45, 7) is 3.63. The molecule has 1 atom stereocenters. The van der Waals surface area contributed by atoms with Crippen LogP contribution < -0.4 is 5.32 Å². The molecule has 1 unspecified atom stereocenters. The van der Waals surface area contributed by atoms with E-state index in [-0.39, 0.29) is 12.3 Å². The third-order valence-electron chi connectivity index (χ3n) is 3.33. The number of carboxylic acids is 1. The highest BCUT2D eigenvalue weighted by Gasteiger charge is 2.30. The van der Waals surface area contributed by atoms with E-state index < -0.39 is 17.9 Å². The molecule has 1 aliphatic heterocycles. The van der Waals surface area contributed by atoms with Gasteiger partial charge in [-0.3, -0.25) is 0 Å². The average Bonchev–Trinajstić information content (AvgIpc) is 2.47. The van der Waals surface area contributed by atoms with E-state index in [4.69, 9.17) is 16.3 Å². The minimum Gasteiger partial charge on any atom is -0.477 e. The summed E-state index contributed by atoms with van der Waals surface area (Å²) in [5.74, 6) is -2.04. The van der Waals surface area contributed by atoms with E-state index in [2.05, 4.69) is 5.32 Å². The van der Waals surface area contributed by atoms with Gasteiger partial charge in [0.25, 0.3) is 0 Å². The summed E-state index contributed by atoms with van der Waals surface area (Å²) in [4.78, 5) is 23.5. The van der Waals surface area contributed by atoms with Crippen LogP contribution in [0.5, 0.6) is 0 Å². The monoisotopic (exact) mass is 321 g/mol. The van der Waals surface area contributed by atoms with Crippen LogP contribution in [0.3, 0.4) is 0 Å². The molecule has 0 radical (unpaired) electrons. The lowest BCUT2D eigenvalue weighted by Crippen LogP contribution is -2.29. The Hall–Kier alpha value is -2.27. The fourth-order valence-corrected chi connectivity index (χ4v) is 2.47. The third-order valence-corrected chi connectivity index (χ3v) is 3.58. The van der Waals surface area contributed by atoms with Crippen molar-refractivity contribution < 1.29 is 19.4 Å². The van der Waals surface area contributed by atoms with Gasteiger partial charge < -0.3 is 15.2 Å². The topological polar surface area (TPSA) is 75.6 Å². The van der Waals surface area contributed by atoms with Gasteiger partial charge in [-0.25, -0.2) is 9.59 Å². The van der Waals surface area contributed by atoms with Gasteiger partial charge in [0, 0.05) is 16.6 Å². The number of carbonyl (C=O) groups excluding carboxylic acids is 1. The minimum absolute atomic E-state index is 0.0329. The normalized spacial score (nSPS) is 17.6. The molecule has 22 heavy (non-hydrogen) atoms. The Morgan fingerprint density at radius 2 is 1.95 bits per heavy atom. The van der Waals surface area contributed by atoms with Gasteiger partial charge in [0.1, 0.15) is 5.70 Å². The Labute approximate surface area is 133 Å². The number of carboxylic acid groups (broad SMARTS) is 1. The maximum Gasteiger partial charge on any atom is 0.351 e. The molecule has 5 nitrogen and oxygen atoms in total. The molecule has 0 saturated carbocycles. The van der Waals surface area contributed by atoms with Crippen molar-refractivity contribution in [3.63, 3.8) is 0 Å². The number of carbonyl (C=O) groups is 2. The Bertz CT molecular complexity index is 661. The average molecular weight is 322 g/mol. The van der Waals surface area contributed by atoms with Crippen molar-refractivity contribution in [2.75, 3.05) is 6.61 Å². The molecule has 0 amide bonds. The number of rotatable bonds is 4. The van der Waals surface area contributed by atoms with Crippen LogP contribution in [0.4, 0.5) is 0 Å². The Morgan fingerprint density at radius 1 is 1.32 bits per heavy atom. The van der Waals surface area contributed by atoms with Gasteiger partial charge in [-0.2, -0.15) is 0 Å². The number of ether oxygens (including phenoxy) is 1. The summed E-state index contributed by atoms with van der Waals surface area (Å²) in [5.41, 5.74) is 1.67. The maximum atomic E-state index is 12.2. The Balaban J connectivity index is 2.49. The van der Waals surface area contributed by atoms with Gasteiger partial charge in [0.2, 0.25) is 0 Å². The molecule has 116 valence electrons. The molecule has 0 fully saturated rings. The van der Waals surface area contributed by atoms with E-state index in [1.165, 1.54) is 6.08 Å². The molecule has 0 aromatic heterocycles. The van der Waals surface area contributed by atoms with Crippen molar-refractivity contribution in [2.24, 2.45) is 0 Å². The fourth-order valence-electron chi connectivity index (χ4n) is 2.34.